The zero-order chi connectivity index (χ0) is 30.6. The Labute approximate surface area is 243 Å². The van der Waals surface area contributed by atoms with Gasteiger partial charge in [0.15, 0.2) is 0 Å². The van der Waals surface area contributed by atoms with E-state index in [0.717, 1.165) is 51.9 Å². The third-order valence-electron chi connectivity index (χ3n) is 6.66. The summed E-state index contributed by atoms with van der Waals surface area (Å²) in [5, 5.41) is 8.38. The van der Waals surface area contributed by atoms with Gasteiger partial charge < -0.3 is 29.1 Å². The zero-order valence-electron chi connectivity index (χ0n) is 24.8. The lowest BCUT2D eigenvalue weighted by molar-refractivity contribution is -0.132. The molecule has 0 atom stereocenters. The highest BCUT2D eigenvalue weighted by molar-refractivity contribution is 5.89. The molecule has 0 saturated carbocycles. The number of rotatable bonds is 4. The quantitative estimate of drug-likeness (QED) is 0.543. The maximum Gasteiger partial charge on any atom is 0.337 e. The average molecular weight is 573 g/mol. The molecule has 2 aromatic rings. The maximum atomic E-state index is 10.9. The van der Waals surface area contributed by atoms with Gasteiger partial charge in [0.1, 0.15) is 0 Å². The molecule has 0 spiro atoms. The van der Waals surface area contributed by atoms with Crippen LogP contribution in [0.4, 0.5) is 0 Å². The molecule has 41 heavy (non-hydrogen) atoms. The van der Waals surface area contributed by atoms with Crippen molar-refractivity contribution >= 4 is 23.8 Å². The molecule has 0 aliphatic carbocycles. The van der Waals surface area contributed by atoms with Crippen LogP contribution >= 0.6 is 0 Å². The lowest BCUT2D eigenvalue weighted by Crippen LogP contribution is -2.39. The lowest BCUT2D eigenvalue weighted by atomic mass is 10.1. The SMILES string of the molecule is COC(=O)c1ccccc1.COC1CCN(C(C)=O)CC1.COC1CCN(C(C)=O)CC1.O=C(O)c1ccccc1. The first-order chi connectivity index (χ1) is 19.6. The number of methoxy groups -OCH3 is 3. The Morgan fingerprint density at radius 3 is 1.22 bits per heavy atom. The second-order valence-corrected chi connectivity index (χ2v) is 9.41. The Morgan fingerprint density at radius 2 is 0.976 bits per heavy atom. The number of amides is 2. The smallest absolute Gasteiger partial charge is 0.337 e. The number of piperidine rings is 2. The summed E-state index contributed by atoms with van der Waals surface area (Å²) >= 11 is 0. The van der Waals surface area contributed by atoms with Gasteiger partial charge in [0.2, 0.25) is 11.8 Å². The molecule has 0 aromatic heterocycles. The third-order valence-corrected chi connectivity index (χ3v) is 6.66. The zero-order valence-corrected chi connectivity index (χ0v) is 24.8. The first-order valence-corrected chi connectivity index (χ1v) is 13.6. The van der Waals surface area contributed by atoms with E-state index in [4.69, 9.17) is 14.6 Å². The Hall–Kier alpha value is -3.76. The molecule has 0 bridgehead atoms. The highest BCUT2D eigenvalue weighted by Gasteiger charge is 2.20. The van der Waals surface area contributed by atoms with E-state index in [0.29, 0.717) is 23.3 Å². The van der Waals surface area contributed by atoms with Crippen molar-refractivity contribution in [2.45, 2.75) is 51.7 Å². The highest BCUT2D eigenvalue weighted by atomic mass is 16.5. The fraction of sp³-hybridized carbons (Fsp3) is 0.484. The number of ether oxygens (including phenoxy) is 3. The number of carboxylic acid groups (broad SMARTS) is 1. The minimum atomic E-state index is -0.879. The third kappa shape index (κ3) is 14.4. The number of aromatic carboxylic acids is 1. The van der Waals surface area contributed by atoms with Gasteiger partial charge >= 0.3 is 11.9 Å². The number of hydrogen-bond donors (Lipinski definition) is 1. The van der Waals surface area contributed by atoms with Gasteiger partial charge in [-0.3, -0.25) is 9.59 Å². The van der Waals surface area contributed by atoms with E-state index in [1.165, 1.54) is 7.11 Å². The molecule has 2 aliphatic heterocycles. The van der Waals surface area contributed by atoms with Crippen molar-refractivity contribution < 1.29 is 38.5 Å². The van der Waals surface area contributed by atoms with Gasteiger partial charge in [0.25, 0.3) is 0 Å². The summed E-state index contributed by atoms with van der Waals surface area (Å²) in [4.78, 5) is 46.5. The standard InChI is InChI=1S/2C8H15NO2.C8H8O2.C7H6O2/c2*1-7(10)9-5-3-8(11-2)4-6-9;1-10-8(9)7-5-3-2-4-6-7;8-7(9)6-4-2-1-3-5-6/h2*8H,3-6H2,1-2H3;2-6H,1H3;1-5H,(H,8,9). The molecule has 2 aliphatic rings. The van der Waals surface area contributed by atoms with Gasteiger partial charge in [-0.15, -0.1) is 0 Å². The predicted octanol–water partition coefficient (Wildman–Crippen LogP) is 4.15. The van der Waals surface area contributed by atoms with E-state index in [1.54, 1.807) is 82.7 Å². The molecule has 0 radical (unpaired) electrons. The topological polar surface area (TPSA) is 123 Å². The van der Waals surface area contributed by atoms with E-state index in [9.17, 15) is 19.2 Å². The summed E-state index contributed by atoms with van der Waals surface area (Å²) in [6, 6.07) is 17.2. The normalized spacial score (nSPS) is 15.0. The summed E-state index contributed by atoms with van der Waals surface area (Å²) in [5.41, 5.74) is 0.919. The number of carbonyl (C=O) groups is 4. The van der Waals surface area contributed by atoms with Gasteiger partial charge in [-0.05, 0) is 49.9 Å². The van der Waals surface area contributed by atoms with Crippen LogP contribution in [0.5, 0.6) is 0 Å². The summed E-state index contributed by atoms with van der Waals surface area (Å²) in [6.45, 7) is 6.66. The van der Waals surface area contributed by atoms with E-state index in [1.807, 2.05) is 15.9 Å². The fourth-order valence-corrected chi connectivity index (χ4v) is 4.09. The minimum Gasteiger partial charge on any atom is -0.478 e. The Morgan fingerprint density at radius 1 is 0.634 bits per heavy atom. The average Bonchev–Trinajstić information content (AvgIpc) is 3.02. The number of carboxylic acids is 1. The van der Waals surface area contributed by atoms with Gasteiger partial charge in [0, 0.05) is 54.2 Å². The largest absolute Gasteiger partial charge is 0.478 e. The van der Waals surface area contributed by atoms with Crippen molar-refractivity contribution in [2.75, 3.05) is 47.5 Å². The van der Waals surface area contributed by atoms with Crippen LogP contribution in [-0.4, -0.2) is 98.4 Å². The predicted molar refractivity (Wildman–Crippen MR) is 156 cm³/mol. The second kappa shape index (κ2) is 20.2. The van der Waals surface area contributed by atoms with Crippen LogP contribution in [0, 0.1) is 0 Å². The van der Waals surface area contributed by atoms with Crippen LogP contribution in [-0.2, 0) is 23.8 Å². The van der Waals surface area contributed by atoms with Gasteiger partial charge in [0.05, 0.1) is 30.4 Å². The first-order valence-electron chi connectivity index (χ1n) is 13.6. The van der Waals surface area contributed by atoms with E-state index >= 15 is 0 Å². The van der Waals surface area contributed by atoms with E-state index < -0.39 is 5.97 Å². The van der Waals surface area contributed by atoms with Crippen LogP contribution in [0.1, 0.15) is 60.2 Å². The van der Waals surface area contributed by atoms with Crippen LogP contribution in [0.15, 0.2) is 60.7 Å². The molecule has 2 heterocycles. The summed E-state index contributed by atoms with van der Waals surface area (Å²) in [5.74, 6) is -0.810. The molecule has 2 fully saturated rings. The number of likely N-dealkylation sites (tertiary alicyclic amines) is 2. The van der Waals surface area contributed by atoms with E-state index in [-0.39, 0.29) is 17.8 Å². The first kappa shape index (κ1) is 35.3. The van der Waals surface area contributed by atoms with Gasteiger partial charge in [-0.2, -0.15) is 0 Å². The number of benzene rings is 2. The minimum absolute atomic E-state index is 0.180. The summed E-state index contributed by atoms with van der Waals surface area (Å²) in [7, 11) is 4.83. The van der Waals surface area contributed by atoms with Gasteiger partial charge in [-0.25, -0.2) is 9.59 Å². The summed E-state index contributed by atoms with van der Waals surface area (Å²) in [6.07, 6.45) is 4.66. The van der Waals surface area contributed by atoms with Crippen molar-refractivity contribution in [1.29, 1.82) is 0 Å². The molecule has 2 aromatic carbocycles. The maximum absolute atomic E-state index is 10.9. The lowest BCUT2D eigenvalue weighted by Gasteiger charge is -2.30. The van der Waals surface area contributed by atoms with Crippen molar-refractivity contribution in [1.82, 2.24) is 9.80 Å². The number of hydrogen-bond acceptors (Lipinski definition) is 7. The van der Waals surface area contributed by atoms with Gasteiger partial charge in [-0.1, -0.05) is 36.4 Å². The molecular formula is C31H44N2O8. The number of nitrogens with zero attached hydrogens (tertiary/aromatic N) is 2. The van der Waals surface area contributed by atoms with Crippen molar-refractivity contribution in [3.63, 3.8) is 0 Å². The fourth-order valence-electron chi connectivity index (χ4n) is 4.09. The molecule has 226 valence electrons. The van der Waals surface area contributed by atoms with Crippen molar-refractivity contribution in [2.24, 2.45) is 0 Å². The monoisotopic (exact) mass is 572 g/mol. The molecule has 4 rings (SSSR count). The molecule has 1 N–H and O–H groups in total. The Balaban J connectivity index is 0.000000274. The molecular weight excluding hydrogens is 528 g/mol. The van der Waals surface area contributed by atoms with Crippen LogP contribution in [0.2, 0.25) is 0 Å². The van der Waals surface area contributed by atoms with Crippen molar-refractivity contribution in [3.8, 4) is 0 Å². The molecule has 2 saturated heterocycles. The Kier molecular flexibility index (Phi) is 17.3. The molecule has 10 nitrogen and oxygen atoms in total. The number of carbonyl (C=O) groups excluding carboxylic acids is 3. The number of esters is 1. The van der Waals surface area contributed by atoms with Crippen LogP contribution < -0.4 is 0 Å². The van der Waals surface area contributed by atoms with E-state index in [2.05, 4.69) is 4.74 Å². The van der Waals surface area contributed by atoms with Crippen LogP contribution in [0.3, 0.4) is 0 Å². The molecule has 2 amide bonds. The summed E-state index contributed by atoms with van der Waals surface area (Å²) < 4.78 is 14.9. The second-order valence-electron chi connectivity index (χ2n) is 9.41. The highest BCUT2D eigenvalue weighted by Crippen LogP contribution is 2.13. The van der Waals surface area contributed by atoms with Crippen LogP contribution in [0.25, 0.3) is 0 Å². The Bertz CT molecular complexity index is 999. The van der Waals surface area contributed by atoms with Crippen molar-refractivity contribution in [3.05, 3.63) is 71.8 Å². The molecule has 0 unspecified atom stereocenters. The molecule has 10 heteroatoms.